The van der Waals surface area contributed by atoms with Crippen molar-refractivity contribution in [2.45, 2.75) is 51.2 Å². The molecule has 0 spiro atoms. The molecule has 0 aliphatic carbocycles. The van der Waals surface area contributed by atoms with Gasteiger partial charge >= 0.3 is 6.18 Å². The van der Waals surface area contributed by atoms with Crippen LogP contribution in [0.1, 0.15) is 48.8 Å². The Bertz CT molecular complexity index is 1030. The van der Waals surface area contributed by atoms with Crippen molar-refractivity contribution in [2.24, 2.45) is 0 Å². The third-order valence-electron chi connectivity index (χ3n) is 5.86. The Morgan fingerprint density at radius 3 is 2.57 bits per heavy atom. The van der Waals surface area contributed by atoms with E-state index in [9.17, 15) is 17.6 Å². The number of aryl methyl sites for hydroxylation is 1. The molecule has 1 saturated heterocycles. The smallest absolute Gasteiger partial charge is 0.300 e. The molecule has 3 aromatic rings. The summed E-state index contributed by atoms with van der Waals surface area (Å²) in [7, 11) is 0. The molecule has 0 saturated carbocycles. The van der Waals surface area contributed by atoms with E-state index in [2.05, 4.69) is 21.9 Å². The maximum atomic E-state index is 13.5. The maximum absolute atomic E-state index is 13.5. The van der Waals surface area contributed by atoms with E-state index in [0.29, 0.717) is 17.8 Å². The third-order valence-corrected chi connectivity index (χ3v) is 5.86. The molecule has 4 rings (SSSR count). The van der Waals surface area contributed by atoms with Gasteiger partial charge in [0.15, 0.2) is 5.65 Å². The van der Waals surface area contributed by atoms with Crippen LogP contribution in [-0.2, 0) is 19.0 Å². The zero-order valence-electron chi connectivity index (χ0n) is 17.0. The van der Waals surface area contributed by atoms with Crippen LogP contribution in [0.25, 0.3) is 5.65 Å². The summed E-state index contributed by atoms with van der Waals surface area (Å²) in [6.07, 6.45) is -2.44. The minimum Gasteiger partial charge on any atom is -0.300 e. The highest BCUT2D eigenvalue weighted by molar-refractivity contribution is 5.43. The van der Waals surface area contributed by atoms with Gasteiger partial charge < -0.3 is 0 Å². The molecule has 0 N–H and O–H groups in total. The lowest BCUT2D eigenvalue weighted by Gasteiger charge is -2.24. The molecular formula is C22H24F4N4. The zero-order chi connectivity index (χ0) is 21.5. The first-order valence-corrected chi connectivity index (χ1v) is 10.2. The Morgan fingerprint density at radius 2 is 1.90 bits per heavy atom. The summed E-state index contributed by atoms with van der Waals surface area (Å²) in [5.74, 6) is -0.189. The lowest BCUT2D eigenvalue weighted by Crippen LogP contribution is -2.32. The van der Waals surface area contributed by atoms with Gasteiger partial charge in [-0.1, -0.05) is 19.1 Å². The van der Waals surface area contributed by atoms with Crippen molar-refractivity contribution in [3.63, 3.8) is 0 Å². The first kappa shape index (κ1) is 20.8. The van der Waals surface area contributed by atoms with Crippen LogP contribution in [-0.4, -0.2) is 38.6 Å². The molecule has 8 heteroatoms. The molecule has 0 bridgehead atoms. The van der Waals surface area contributed by atoms with Gasteiger partial charge in [0.05, 0.1) is 5.69 Å². The van der Waals surface area contributed by atoms with E-state index in [0.717, 1.165) is 42.1 Å². The molecule has 4 nitrogen and oxygen atoms in total. The highest BCUT2D eigenvalue weighted by Gasteiger charge is 2.36. The van der Waals surface area contributed by atoms with Gasteiger partial charge in [-0.2, -0.15) is 18.3 Å². The van der Waals surface area contributed by atoms with Crippen LogP contribution >= 0.6 is 0 Å². The predicted molar refractivity (Wildman–Crippen MR) is 106 cm³/mol. The van der Waals surface area contributed by atoms with E-state index in [1.807, 2.05) is 0 Å². The van der Waals surface area contributed by atoms with Gasteiger partial charge in [-0.05, 0) is 56.5 Å². The number of fused-ring (bicyclic) bond motifs is 1. The van der Waals surface area contributed by atoms with Crippen LogP contribution in [0.2, 0.25) is 0 Å². The highest BCUT2D eigenvalue weighted by atomic mass is 19.4. The number of halogens is 4. The van der Waals surface area contributed by atoms with Gasteiger partial charge in [0.25, 0.3) is 0 Å². The van der Waals surface area contributed by atoms with Crippen molar-refractivity contribution < 1.29 is 17.6 Å². The predicted octanol–water partition coefficient (Wildman–Crippen LogP) is 4.87. The molecule has 2 aromatic heterocycles. The lowest BCUT2D eigenvalue weighted by molar-refractivity contribution is -0.142. The number of hydrogen-bond donors (Lipinski definition) is 0. The minimum absolute atomic E-state index is 0.0635. The lowest BCUT2D eigenvalue weighted by atomic mass is 10.0. The standard InChI is InChI=1S/C22H24F4N4/c1-3-18-11-20(22(24,25)26)30-21(27-18)12-19(28-30)16-8-9-29(13-16)14(2)10-15-4-6-17(23)7-5-15/h4-7,11-12,14,16H,3,8-10,13H2,1-2H3. The first-order chi connectivity index (χ1) is 14.2. The second-order valence-corrected chi connectivity index (χ2v) is 7.98. The molecule has 1 aliphatic rings. The average molecular weight is 420 g/mol. The number of alkyl halides is 3. The van der Waals surface area contributed by atoms with Gasteiger partial charge in [-0.25, -0.2) is 13.9 Å². The molecule has 160 valence electrons. The average Bonchev–Trinajstić information content (AvgIpc) is 3.35. The van der Waals surface area contributed by atoms with Gasteiger partial charge in [-0.3, -0.25) is 4.90 Å². The number of rotatable bonds is 5. The summed E-state index contributed by atoms with van der Waals surface area (Å²) >= 11 is 0. The summed E-state index contributed by atoms with van der Waals surface area (Å²) in [6, 6.07) is 9.51. The highest BCUT2D eigenvalue weighted by Crippen LogP contribution is 2.33. The number of likely N-dealkylation sites (tertiary alicyclic amines) is 1. The van der Waals surface area contributed by atoms with E-state index in [1.54, 1.807) is 25.1 Å². The largest absolute Gasteiger partial charge is 0.433 e. The van der Waals surface area contributed by atoms with Gasteiger partial charge in [0, 0.05) is 30.3 Å². The van der Waals surface area contributed by atoms with Crippen molar-refractivity contribution in [1.29, 1.82) is 0 Å². The summed E-state index contributed by atoms with van der Waals surface area (Å²) in [5, 5.41) is 4.29. The fraction of sp³-hybridized carbons (Fsp3) is 0.455. The Balaban J connectivity index is 1.53. The summed E-state index contributed by atoms with van der Waals surface area (Å²) in [5.41, 5.74) is 1.58. The molecule has 30 heavy (non-hydrogen) atoms. The quantitative estimate of drug-likeness (QED) is 0.552. The summed E-state index contributed by atoms with van der Waals surface area (Å²) in [6.45, 7) is 5.48. The minimum atomic E-state index is -4.49. The Hall–Kier alpha value is -2.48. The number of nitrogens with zero attached hydrogens (tertiary/aromatic N) is 4. The SMILES string of the molecule is CCc1cc(C(F)(F)F)n2nc(C3CCN(C(C)Cc4ccc(F)cc4)C3)cc2n1. The second kappa shape index (κ2) is 7.98. The normalized spacial score (nSPS) is 18.9. The van der Waals surface area contributed by atoms with Crippen LogP contribution in [0.15, 0.2) is 36.4 Å². The molecule has 1 aromatic carbocycles. The van der Waals surface area contributed by atoms with E-state index in [-0.39, 0.29) is 23.4 Å². The molecule has 1 aliphatic heterocycles. The molecular weight excluding hydrogens is 396 g/mol. The Morgan fingerprint density at radius 1 is 1.17 bits per heavy atom. The van der Waals surface area contributed by atoms with Crippen molar-refractivity contribution in [2.75, 3.05) is 13.1 Å². The maximum Gasteiger partial charge on any atom is 0.433 e. The zero-order valence-corrected chi connectivity index (χ0v) is 17.0. The van der Waals surface area contributed by atoms with Gasteiger partial charge in [0.2, 0.25) is 0 Å². The molecule has 0 amide bonds. The van der Waals surface area contributed by atoms with Crippen LogP contribution in [0.4, 0.5) is 17.6 Å². The Kier molecular flexibility index (Phi) is 5.53. The van der Waals surface area contributed by atoms with E-state index in [4.69, 9.17) is 0 Å². The molecule has 1 fully saturated rings. The molecule has 2 unspecified atom stereocenters. The first-order valence-electron chi connectivity index (χ1n) is 10.2. The van der Waals surface area contributed by atoms with E-state index < -0.39 is 11.9 Å². The molecule has 3 heterocycles. The Labute approximate surface area is 172 Å². The molecule has 0 radical (unpaired) electrons. The third kappa shape index (κ3) is 4.19. The van der Waals surface area contributed by atoms with Crippen LogP contribution in [0.3, 0.4) is 0 Å². The molecule has 2 atom stereocenters. The van der Waals surface area contributed by atoms with Crippen molar-refractivity contribution in [3.05, 3.63) is 64.9 Å². The van der Waals surface area contributed by atoms with Gasteiger partial charge in [-0.15, -0.1) is 0 Å². The fourth-order valence-corrected chi connectivity index (χ4v) is 4.15. The summed E-state index contributed by atoms with van der Waals surface area (Å²) in [4.78, 5) is 6.65. The van der Waals surface area contributed by atoms with Crippen molar-refractivity contribution >= 4 is 5.65 Å². The van der Waals surface area contributed by atoms with Crippen LogP contribution < -0.4 is 0 Å². The topological polar surface area (TPSA) is 33.4 Å². The van der Waals surface area contributed by atoms with Crippen LogP contribution in [0.5, 0.6) is 0 Å². The number of benzene rings is 1. The van der Waals surface area contributed by atoms with E-state index in [1.165, 1.54) is 12.1 Å². The monoisotopic (exact) mass is 420 g/mol. The van der Waals surface area contributed by atoms with Crippen LogP contribution in [0, 0.1) is 5.82 Å². The summed E-state index contributed by atoms with van der Waals surface area (Å²) < 4.78 is 54.5. The van der Waals surface area contributed by atoms with Gasteiger partial charge in [0.1, 0.15) is 11.5 Å². The van der Waals surface area contributed by atoms with Crippen molar-refractivity contribution in [1.82, 2.24) is 19.5 Å². The second-order valence-electron chi connectivity index (χ2n) is 7.98. The van der Waals surface area contributed by atoms with Crippen molar-refractivity contribution in [3.8, 4) is 0 Å². The number of hydrogen-bond acceptors (Lipinski definition) is 3. The number of aromatic nitrogens is 3. The van der Waals surface area contributed by atoms with E-state index >= 15 is 0 Å². The fourth-order valence-electron chi connectivity index (χ4n) is 4.15.